The summed E-state index contributed by atoms with van der Waals surface area (Å²) < 4.78 is 37.9. The van der Waals surface area contributed by atoms with E-state index in [4.69, 9.17) is 21.1 Å². The van der Waals surface area contributed by atoms with Crippen LogP contribution in [0.15, 0.2) is 47.4 Å². The molecular weight excluding hydrogens is 416 g/mol. The molecule has 2 aromatic carbocycles. The molecule has 0 spiro atoms. The lowest BCUT2D eigenvalue weighted by atomic mass is 10.0. The van der Waals surface area contributed by atoms with Gasteiger partial charge >= 0.3 is 0 Å². The topological polar surface area (TPSA) is 84.9 Å². The molecule has 29 heavy (non-hydrogen) atoms. The first-order valence-corrected chi connectivity index (χ1v) is 11.0. The Morgan fingerprint density at radius 3 is 2.45 bits per heavy atom. The summed E-state index contributed by atoms with van der Waals surface area (Å²) in [6.07, 6.45) is 1.90. The molecule has 0 aromatic heterocycles. The summed E-state index contributed by atoms with van der Waals surface area (Å²) in [5.74, 6) is 0.351. The van der Waals surface area contributed by atoms with E-state index in [1.54, 1.807) is 24.3 Å². The van der Waals surface area contributed by atoms with Gasteiger partial charge in [-0.2, -0.15) is 4.31 Å². The van der Waals surface area contributed by atoms with Gasteiger partial charge in [-0.3, -0.25) is 4.79 Å². The first-order chi connectivity index (χ1) is 13.9. The van der Waals surface area contributed by atoms with E-state index in [0.717, 1.165) is 6.42 Å². The highest BCUT2D eigenvalue weighted by atomic mass is 35.5. The van der Waals surface area contributed by atoms with E-state index in [2.05, 4.69) is 5.32 Å². The first-order valence-electron chi connectivity index (χ1n) is 9.17. The molecule has 0 bridgehead atoms. The normalized spacial score (nSPS) is 17.6. The number of methoxy groups -OCH3 is 2. The summed E-state index contributed by atoms with van der Waals surface area (Å²) in [4.78, 5) is 13.2. The van der Waals surface area contributed by atoms with E-state index in [1.807, 2.05) is 0 Å². The Morgan fingerprint density at radius 2 is 1.79 bits per heavy atom. The molecule has 1 amide bonds. The van der Waals surface area contributed by atoms with Crippen LogP contribution in [-0.4, -0.2) is 45.4 Å². The number of anilines is 1. The molecule has 3 rings (SSSR count). The highest BCUT2D eigenvalue weighted by molar-refractivity contribution is 7.89. The molecule has 1 N–H and O–H groups in total. The number of hydrogen-bond acceptors (Lipinski definition) is 5. The van der Waals surface area contributed by atoms with Crippen molar-refractivity contribution in [2.75, 3.05) is 26.1 Å². The third-order valence-electron chi connectivity index (χ3n) is 4.84. The molecular formula is C20H23ClN2O5S. The Morgan fingerprint density at radius 1 is 1.10 bits per heavy atom. The zero-order valence-electron chi connectivity index (χ0n) is 16.2. The number of ether oxygens (including phenoxy) is 2. The number of rotatable bonds is 6. The summed E-state index contributed by atoms with van der Waals surface area (Å²) in [7, 11) is -0.845. The largest absolute Gasteiger partial charge is 0.495 e. The van der Waals surface area contributed by atoms with Crippen molar-refractivity contribution < 1.29 is 22.7 Å². The summed E-state index contributed by atoms with van der Waals surface area (Å²) in [5.41, 5.74) is 0.353. The van der Waals surface area contributed by atoms with Crippen LogP contribution in [0.3, 0.4) is 0 Å². The molecule has 9 heteroatoms. The van der Waals surface area contributed by atoms with Crippen LogP contribution in [0.5, 0.6) is 11.5 Å². The fourth-order valence-electron chi connectivity index (χ4n) is 3.36. The van der Waals surface area contributed by atoms with Crippen LogP contribution >= 0.6 is 11.6 Å². The minimum absolute atomic E-state index is 0.171. The van der Waals surface area contributed by atoms with Gasteiger partial charge < -0.3 is 14.8 Å². The van der Waals surface area contributed by atoms with Crippen LogP contribution in [0.25, 0.3) is 0 Å². The van der Waals surface area contributed by atoms with E-state index in [0.29, 0.717) is 35.1 Å². The van der Waals surface area contributed by atoms with E-state index in [-0.39, 0.29) is 11.4 Å². The monoisotopic (exact) mass is 438 g/mol. The third kappa shape index (κ3) is 4.49. The number of amides is 1. The maximum Gasteiger partial charge on any atom is 0.243 e. The number of piperidine rings is 1. The van der Waals surface area contributed by atoms with Crippen molar-refractivity contribution in [1.82, 2.24) is 4.31 Å². The SMILES string of the molecule is COc1cc(OC)c(NC(=O)C2CCCCN2S(=O)(=O)c2ccccc2)cc1Cl. The van der Waals surface area contributed by atoms with Gasteiger partial charge in [0.2, 0.25) is 15.9 Å². The highest BCUT2D eigenvalue weighted by Gasteiger charge is 2.37. The maximum absolute atomic E-state index is 13.1. The average molecular weight is 439 g/mol. The minimum Gasteiger partial charge on any atom is -0.495 e. The molecule has 1 aliphatic rings. The van der Waals surface area contributed by atoms with Crippen molar-refractivity contribution >= 4 is 33.2 Å². The van der Waals surface area contributed by atoms with Crippen LogP contribution in [0.4, 0.5) is 5.69 Å². The molecule has 0 aliphatic carbocycles. The second-order valence-electron chi connectivity index (χ2n) is 6.62. The summed E-state index contributed by atoms with van der Waals surface area (Å²) in [6.45, 7) is 0.288. The second kappa shape index (κ2) is 9.02. The lowest BCUT2D eigenvalue weighted by Crippen LogP contribution is -2.49. The van der Waals surface area contributed by atoms with Gasteiger partial charge in [-0.25, -0.2) is 8.42 Å². The Balaban J connectivity index is 1.89. The van der Waals surface area contributed by atoms with Gasteiger partial charge in [0.15, 0.2) is 0 Å². The smallest absolute Gasteiger partial charge is 0.243 e. The first kappa shape index (κ1) is 21.4. The number of nitrogens with zero attached hydrogens (tertiary/aromatic N) is 1. The molecule has 0 saturated carbocycles. The second-order valence-corrected chi connectivity index (χ2v) is 8.91. The number of sulfonamides is 1. The summed E-state index contributed by atoms with van der Waals surface area (Å²) in [5, 5.41) is 3.07. The number of carbonyl (C=O) groups excluding carboxylic acids is 1. The molecule has 1 saturated heterocycles. The third-order valence-corrected chi connectivity index (χ3v) is 7.06. The van der Waals surface area contributed by atoms with E-state index >= 15 is 0 Å². The molecule has 2 aromatic rings. The molecule has 156 valence electrons. The van der Waals surface area contributed by atoms with Gasteiger partial charge in [0, 0.05) is 12.6 Å². The van der Waals surface area contributed by atoms with Gasteiger partial charge in [-0.15, -0.1) is 0 Å². The van der Waals surface area contributed by atoms with Crippen molar-refractivity contribution in [1.29, 1.82) is 0 Å². The minimum atomic E-state index is -3.79. The van der Waals surface area contributed by atoms with Crippen LogP contribution in [0.2, 0.25) is 5.02 Å². The predicted octanol–water partition coefficient (Wildman–Crippen LogP) is 3.54. The fraction of sp³-hybridized carbons (Fsp3) is 0.350. The molecule has 1 heterocycles. The molecule has 0 radical (unpaired) electrons. The van der Waals surface area contributed by atoms with Crippen molar-refractivity contribution in [3.8, 4) is 11.5 Å². The van der Waals surface area contributed by atoms with Crippen LogP contribution < -0.4 is 14.8 Å². The van der Waals surface area contributed by atoms with Gasteiger partial charge in [0.1, 0.15) is 17.5 Å². The standard InChI is InChI=1S/C20H23ClN2O5S/c1-27-18-13-19(28-2)16(12-15(18)21)22-20(24)17-10-6-7-11-23(17)29(25,26)14-8-4-3-5-9-14/h3-5,8-9,12-13,17H,6-7,10-11H2,1-2H3,(H,22,24). The Hall–Kier alpha value is -2.29. The average Bonchev–Trinajstić information content (AvgIpc) is 2.74. The summed E-state index contributed by atoms with van der Waals surface area (Å²) >= 11 is 6.17. The molecule has 7 nitrogen and oxygen atoms in total. The zero-order valence-corrected chi connectivity index (χ0v) is 17.8. The molecule has 1 fully saturated rings. The number of benzene rings is 2. The van der Waals surface area contributed by atoms with Crippen LogP contribution in [0, 0.1) is 0 Å². The van der Waals surface area contributed by atoms with Gasteiger partial charge in [0.25, 0.3) is 0 Å². The molecule has 1 unspecified atom stereocenters. The van der Waals surface area contributed by atoms with Crippen LogP contribution in [-0.2, 0) is 14.8 Å². The van der Waals surface area contributed by atoms with Crippen molar-refractivity contribution in [3.05, 3.63) is 47.5 Å². The number of carbonyl (C=O) groups is 1. The Kier molecular flexibility index (Phi) is 6.66. The Bertz CT molecular complexity index is 982. The fourth-order valence-corrected chi connectivity index (χ4v) is 5.27. The van der Waals surface area contributed by atoms with E-state index < -0.39 is 22.0 Å². The number of nitrogens with one attached hydrogen (secondary N) is 1. The van der Waals surface area contributed by atoms with Gasteiger partial charge in [0.05, 0.1) is 29.8 Å². The quantitative estimate of drug-likeness (QED) is 0.745. The lowest BCUT2D eigenvalue weighted by Gasteiger charge is -2.33. The number of halogens is 1. The Labute approximate surface area is 175 Å². The van der Waals surface area contributed by atoms with Gasteiger partial charge in [-0.05, 0) is 31.0 Å². The lowest BCUT2D eigenvalue weighted by molar-refractivity contribution is -0.120. The maximum atomic E-state index is 13.1. The van der Waals surface area contributed by atoms with Crippen LogP contribution in [0.1, 0.15) is 19.3 Å². The van der Waals surface area contributed by atoms with Crippen molar-refractivity contribution in [3.63, 3.8) is 0 Å². The van der Waals surface area contributed by atoms with Crippen molar-refractivity contribution in [2.24, 2.45) is 0 Å². The number of hydrogen-bond donors (Lipinski definition) is 1. The molecule has 1 aliphatic heterocycles. The van der Waals surface area contributed by atoms with Gasteiger partial charge in [-0.1, -0.05) is 36.2 Å². The zero-order chi connectivity index (χ0) is 21.0. The van der Waals surface area contributed by atoms with Crippen molar-refractivity contribution in [2.45, 2.75) is 30.2 Å². The van der Waals surface area contributed by atoms with E-state index in [9.17, 15) is 13.2 Å². The van der Waals surface area contributed by atoms with E-state index in [1.165, 1.54) is 36.7 Å². The summed E-state index contributed by atoms with van der Waals surface area (Å²) in [6, 6.07) is 10.4. The molecule has 1 atom stereocenters. The highest BCUT2D eigenvalue weighted by Crippen LogP contribution is 2.36. The predicted molar refractivity (Wildman–Crippen MR) is 111 cm³/mol.